The van der Waals surface area contributed by atoms with E-state index in [1.165, 1.54) is 19.0 Å². The van der Waals surface area contributed by atoms with Gasteiger partial charge in [-0.15, -0.1) is 0 Å². The Labute approximate surface area is 135 Å². The van der Waals surface area contributed by atoms with Gasteiger partial charge in [-0.2, -0.15) is 0 Å². The van der Waals surface area contributed by atoms with Crippen molar-refractivity contribution in [3.63, 3.8) is 0 Å². The van der Waals surface area contributed by atoms with Crippen LogP contribution in [0.25, 0.3) is 0 Å². The van der Waals surface area contributed by atoms with Crippen LogP contribution in [0.1, 0.15) is 35.4 Å². The zero-order valence-corrected chi connectivity index (χ0v) is 13.2. The van der Waals surface area contributed by atoms with Crippen LogP contribution in [0.15, 0.2) is 12.4 Å². The van der Waals surface area contributed by atoms with Crippen molar-refractivity contribution >= 4 is 11.9 Å². The van der Waals surface area contributed by atoms with Gasteiger partial charge in [0.15, 0.2) is 0 Å². The van der Waals surface area contributed by atoms with Crippen molar-refractivity contribution in [3.05, 3.63) is 23.8 Å². The van der Waals surface area contributed by atoms with Crippen molar-refractivity contribution in [1.29, 1.82) is 0 Å². The average molecular weight is 318 g/mol. The fourth-order valence-electron chi connectivity index (χ4n) is 3.26. The summed E-state index contributed by atoms with van der Waals surface area (Å²) in [4.78, 5) is 33.5. The molecule has 0 spiro atoms. The molecule has 1 aliphatic carbocycles. The van der Waals surface area contributed by atoms with E-state index in [9.17, 15) is 9.59 Å². The minimum Gasteiger partial charge on any atom is -0.481 e. The van der Waals surface area contributed by atoms with Gasteiger partial charge < -0.3 is 15.3 Å². The third kappa shape index (κ3) is 4.04. The number of carbonyl (C=O) groups excluding carboxylic acids is 1. The van der Waals surface area contributed by atoms with Crippen LogP contribution in [-0.4, -0.2) is 57.5 Å². The maximum atomic E-state index is 12.3. The van der Waals surface area contributed by atoms with E-state index in [2.05, 4.69) is 20.2 Å². The lowest BCUT2D eigenvalue weighted by Crippen LogP contribution is -2.41. The van der Waals surface area contributed by atoms with Gasteiger partial charge in [0.05, 0.1) is 18.3 Å². The van der Waals surface area contributed by atoms with E-state index in [0.29, 0.717) is 30.6 Å². The van der Waals surface area contributed by atoms with Crippen LogP contribution >= 0.6 is 0 Å². The monoisotopic (exact) mass is 318 g/mol. The SMILES string of the molecule is Cc1cnc(C(=O)N[C@@H]2CN(CCC(=O)O)C[C@H]2C2CC2)cn1. The summed E-state index contributed by atoms with van der Waals surface area (Å²) in [6, 6.07) is 0.0619. The summed E-state index contributed by atoms with van der Waals surface area (Å²) in [5.74, 6) is 0.0778. The molecule has 2 N–H and O–H groups in total. The number of nitrogens with zero attached hydrogens (tertiary/aromatic N) is 3. The van der Waals surface area contributed by atoms with Gasteiger partial charge in [-0.1, -0.05) is 0 Å². The standard InChI is InChI=1S/C16H22N4O3/c1-10-6-18-13(7-17-10)16(23)19-14-9-20(5-4-15(21)22)8-12(14)11-2-3-11/h6-7,11-12,14H,2-5,8-9H2,1H3,(H,19,23)(H,21,22)/t12-,14+/m0/s1. The van der Waals surface area contributed by atoms with Crippen molar-refractivity contribution < 1.29 is 14.7 Å². The second-order valence-electron chi connectivity index (χ2n) is 6.53. The molecule has 124 valence electrons. The number of likely N-dealkylation sites (tertiary alicyclic amines) is 1. The molecule has 0 aromatic carbocycles. The zero-order chi connectivity index (χ0) is 16.4. The Bertz CT molecular complexity index is 585. The van der Waals surface area contributed by atoms with Gasteiger partial charge in [-0.25, -0.2) is 4.98 Å². The molecular weight excluding hydrogens is 296 g/mol. The quantitative estimate of drug-likeness (QED) is 0.801. The number of carboxylic acids is 1. The Hall–Kier alpha value is -2.02. The number of aliphatic carboxylic acids is 1. The molecule has 7 nitrogen and oxygen atoms in total. The highest BCUT2D eigenvalue weighted by Gasteiger charge is 2.43. The molecule has 2 atom stereocenters. The summed E-state index contributed by atoms with van der Waals surface area (Å²) >= 11 is 0. The summed E-state index contributed by atoms with van der Waals surface area (Å²) in [5.41, 5.74) is 1.10. The van der Waals surface area contributed by atoms with Crippen molar-refractivity contribution in [2.75, 3.05) is 19.6 Å². The van der Waals surface area contributed by atoms with Crippen LogP contribution in [0.5, 0.6) is 0 Å². The Morgan fingerprint density at radius 2 is 2.09 bits per heavy atom. The molecule has 1 aliphatic heterocycles. The molecule has 1 saturated carbocycles. The first-order valence-electron chi connectivity index (χ1n) is 8.06. The van der Waals surface area contributed by atoms with E-state index in [1.54, 1.807) is 6.20 Å². The first kappa shape index (κ1) is 15.9. The fraction of sp³-hybridized carbons (Fsp3) is 0.625. The molecule has 3 rings (SSSR count). The first-order chi connectivity index (χ1) is 11.0. The first-order valence-corrected chi connectivity index (χ1v) is 8.06. The molecule has 2 heterocycles. The molecule has 0 unspecified atom stereocenters. The number of aryl methyl sites for hydroxylation is 1. The van der Waals surface area contributed by atoms with E-state index in [-0.39, 0.29) is 18.4 Å². The lowest BCUT2D eigenvalue weighted by molar-refractivity contribution is -0.137. The number of hydrogen-bond acceptors (Lipinski definition) is 5. The summed E-state index contributed by atoms with van der Waals surface area (Å²) in [5, 5.41) is 11.9. The number of hydrogen-bond donors (Lipinski definition) is 2. The fourth-order valence-corrected chi connectivity index (χ4v) is 3.26. The second kappa shape index (κ2) is 6.62. The minimum atomic E-state index is -0.782. The van der Waals surface area contributed by atoms with Crippen molar-refractivity contribution in [1.82, 2.24) is 20.2 Å². The van der Waals surface area contributed by atoms with Gasteiger partial charge in [0.2, 0.25) is 0 Å². The predicted molar refractivity (Wildman–Crippen MR) is 82.9 cm³/mol. The number of carboxylic acid groups (broad SMARTS) is 1. The number of amides is 1. The van der Waals surface area contributed by atoms with Crippen molar-refractivity contribution in [3.8, 4) is 0 Å². The number of aromatic nitrogens is 2. The van der Waals surface area contributed by atoms with Crippen LogP contribution in [0.3, 0.4) is 0 Å². The smallest absolute Gasteiger partial charge is 0.304 e. The Balaban J connectivity index is 1.61. The van der Waals surface area contributed by atoms with Gasteiger partial charge >= 0.3 is 5.97 Å². The highest BCUT2D eigenvalue weighted by molar-refractivity contribution is 5.92. The molecule has 2 aliphatic rings. The summed E-state index contributed by atoms with van der Waals surface area (Å²) in [6.45, 7) is 3.94. The molecule has 0 bridgehead atoms. The van der Waals surface area contributed by atoms with Crippen LogP contribution < -0.4 is 5.32 Å². The van der Waals surface area contributed by atoms with Gasteiger partial charge in [0.1, 0.15) is 5.69 Å². The Morgan fingerprint density at radius 1 is 1.30 bits per heavy atom. The second-order valence-corrected chi connectivity index (χ2v) is 6.53. The van der Waals surface area contributed by atoms with Gasteiger partial charge in [0, 0.05) is 31.9 Å². The number of nitrogens with one attached hydrogen (secondary N) is 1. The zero-order valence-electron chi connectivity index (χ0n) is 13.2. The number of carbonyl (C=O) groups is 2. The molecular formula is C16H22N4O3. The predicted octanol–water partition coefficient (Wildman–Crippen LogP) is 0.700. The lowest BCUT2D eigenvalue weighted by atomic mass is 9.98. The molecule has 23 heavy (non-hydrogen) atoms. The Kier molecular flexibility index (Phi) is 4.56. The highest BCUT2D eigenvalue weighted by Crippen LogP contribution is 2.41. The topological polar surface area (TPSA) is 95.4 Å². The minimum absolute atomic E-state index is 0.0619. The molecule has 1 aromatic rings. The van der Waals surface area contributed by atoms with Gasteiger partial charge in [-0.3, -0.25) is 14.6 Å². The third-order valence-corrected chi connectivity index (χ3v) is 4.64. The van der Waals surface area contributed by atoms with Crippen LogP contribution in [0.2, 0.25) is 0 Å². The molecule has 2 fully saturated rings. The molecule has 7 heteroatoms. The van der Waals surface area contributed by atoms with Gasteiger partial charge in [-0.05, 0) is 31.6 Å². The summed E-state index contributed by atoms with van der Waals surface area (Å²) in [6.07, 6.45) is 5.62. The summed E-state index contributed by atoms with van der Waals surface area (Å²) < 4.78 is 0. The van der Waals surface area contributed by atoms with E-state index in [0.717, 1.165) is 12.2 Å². The van der Waals surface area contributed by atoms with E-state index >= 15 is 0 Å². The molecule has 1 saturated heterocycles. The van der Waals surface area contributed by atoms with E-state index in [1.807, 2.05) is 6.92 Å². The summed E-state index contributed by atoms with van der Waals surface area (Å²) in [7, 11) is 0. The van der Waals surface area contributed by atoms with Gasteiger partial charge in [0.25, 0.3) is 5.91 Å². The molecule has 1 amide bonds. The lowest BCUT2D eigenvalue weighted by Gasteiger charge is -2.19. The average Bonchev–Trinajstić information content (AvgIpc) is 3.28. The van der Waals surface area contributed by atoms with Crippen LogP contribution in [0, 0.1) is 18.8 Å². The van der Waals surface area contributed by atoms with Crippen molar-refractivity contribution in [2.45, 2.75) is 32.2 Å². The van der Waals surface area contributed by atoms with E-state index < -0.39 is 5.97 Å². The van der Waals surface area contributed by atoms with Crippen molar-refractivity contribution in [2.24, 2.45) is 11.8 Å². The Morgan fingerprint density at radius 3 is 2.70 bits per heavy atom. The maximum Gasteiger partial charge on any atom is 0.304 e. The molecule has 0 radical (unpaired) electrons. The highest BCUT2D eigenvalue weighted by atomic mass is 16.4. The third-order valence-electron chi connectivity index (χ3n) is 4.64. The normalized spacial score (nSPS) is 24.6. The molecule has 1 aromatic heterocycles. The van der Waals surface area contributed by atoms with Crippen LogP contribution in [-0.2, 0) is 4.79 Å². The number of rotatable bonds is 6. The van der Waals surface area contributed by atoms with Crippen LogP contribution in [0.4, 0.5) is 0 Å². The maximum absolute atomic E-state index is 12.3. The largest absolute Gasteiger partial charge is 0.481 e. The van der Waals surface area contributed by atoms with E-state index in [4.69, 9.17) is 5.11 Å².